The van der Waals surface area contributed by atoms with Crippen LogP contribution in [0.3, 0.4) is 0 Å². The summed E-state index contributed by atoms with van der Waals surface area (Å²) in [5.41, 5.74) is 1.33. The maximum Gasteiger partial charge on any atom is 0.193 e. The molecule has 1 unspecified atom stereocenters. The predicted molar refractivity (Wildman–Crippen MR) is 110 cm³/mol. The van der Waals surface area contributed by atoms with Crippen molar-refractivity contribution in [3.8, 4) is 0 Å². The second-order valence-corrected chi connectivity index (χ2v) is 8.02. The Morgan fingerprint density at radius 2 is 1.88 bits per heavy atom. The summed E-state index contributed by atoms with van der Waals surface area (Å²) in [5.74, 6) is 1.79. The molecular formula is C20H32ClN5. The Morgan fingerprint density at radius 3 is 2.54 bits per heavy atom. The van der Waals surface area contributed by atoms with Crippen LogP contribution in [0.2, 0.25) is 5.02 Å². The van der Waals surface area contributed by atoms with Crippen LogP contribution in [0.4, 0.5) is 0 Å². The van der Waals surface area contributed by atoms with Gasteiger partial charge in [-0.05, 0) is 50.0 Å². The monoisotopic (exact) mass is 377 g/mol. The predicted octanol–water partition coefficient (Wildman–Crippen LogP) is 2.37. The smallest absolute Gasteiger partial charge is 0.193 e. The first-order chi connectivity index (χ1) is 12.6. The molecule has 2 fully saturated rings. The summed E-state index contributed by atoms with van der Waals surface area (Å²) in [6.45, 7) is 8.63. The van der Waals surface area contributed by atoms with Crippen molar-refractivity contribution >= 4 is 17.6 Å². The van der Waals surface area contributed by atoms with Crippen LogP contribution in [0.15, 0.2) is 29.3 Å². The highest BCUT2D eigenvalue weighted by Crippen LogP contribution is 2.15. The van der Waals surface area contributed by atoms with Gasteiger partial charge in [0.25, 0.3) is 0 Å². The van der Waals surface area contributed by atoms with Gasteiger partial charge in [0, 0.05) is 57.9 Å². The number of hydrogen-bond acceptors (Lipinski definition) is 3. The van der Waals surface area contributed by atoms with Gasteiger partial charge in [-0.3, -0.25) is 9.89 Å². The van der Waals surface area contributed by atoms with Crippen molar-refractivity contribution in [1.82, 2.24) is 20.0 Å². The molecule has 2 heterocycles. The molecule has 144 valence electrons. The van der Waals surface area contributed by atoms with E-state index in [0.29, 0.717) is 0 Å². The Hall–Kier alpha value is -1.30. The van der Waals surface area contributed by atoms with E-state index in [1.807, 2.05) is 19.2 Å². The summed E-state index contributed by atoms with van der Waals surface area (Å²) in [6.07, 6.45) is 2.63. The van der Waals surface area contributed by atoms with E-state index in [9.17, 15) is 0 Å². The number of benzene rings is 1. The number of nitrogens with one attached hydrogen (secondary N) is 1. The molecule has 1 aromatic carbocycles. The molecule has 0 saturated carbocycles. The first-order valence-electron chi connectivity index (χ1n) is 9.75. The molecule has 26 heavy (non-hydrogen) atoms. The zero-order valence-electron chi connectivity index (χ0n) is 16.1. The van der Waals surface area contributed by atoms with Gasteiger partial charge in [-0.2, -0.15) is 0 Å². The minimum Gasteiger partial charge on any atom is -0.356 e. The first kappa shape index (κ1) is 19.5. The van der Waals surface area contributed by atoms with Crippen molar-refractivity contribution in [2.45, 2.75) is 19.4 Å². The molecule has 1 aromatic rings. The van der Waals surface area contributed by atoms with Crippen LogP contribution in [-0.2, 0) is 6.54 Å². The lowest BCUT2D eigenvalue weighted by Gasteiger charge is -2.37. The number of hydrogen-bond donors (Lipinski definition) is 1. The van der Waals surface area contributed by atoms with Crippen LogP contribution in [-0.4, -0.2) is 80.6 Å². The lowest BCUT2D eigenvalue weighted by Crippen LogP contribution is -2.53. The fourth-order valence-corrected chi connectivity index (χ4v) is 4.10. The van der Waals surface area contributed by atoms with E-state index in [0.717, 1.165) is 56.2 Å². The molecule has 2 aliphatic rings. The van der Waals surface area contributed by atoms with Crippen LogP contribution in [0.25, 0.3) is 0 Å². The number of rotatable bonds is 4. The number of halogens is 1. The van der Waals surface area contributed by atoms with E-state index in [4.69, 9.17) is 11.6 Å². The van der Waals surface area contributed by atoms with Gasteiger partial charge in [0.1, 0.15) is 0 Å². The van der Waals surface area contributed by atoms with E-state index in [1.54, 1.807) is 0 Å². The van der Waals surface area contributed by atoms with Gasteiger partial charge < -0.3 is 15.1 Å². The van der Waals surface area contributed by atoms with Gasteiger partial charge in [-0.1, -0.05) is 23.7 Å². The molecule has 1 atom stereocenters. The third-order valence-corrected chi connectivity index (χ3v) is 5.73. The number of nitrogens with zero attached hydrogens (tertiary/aromatic N) is 4. The molecular weight excluding hydrogens is 346 g/mol. The van der Waals surface area contributed by atoms with Gasteiger partial charge in [0.15, 0.2) is 5.96 Å². The summed E-state index contributed by atoms with van der Waals surface area (Å²) in [6, 6.07) is 8.19. The topological polar surface area (TPSA) is 34.1 Å². The molecule has 0 aliphatic carbocycles. The molecule has 1 N–H and O–H groups in total. The number of likely N-dealkylation sites (tertiary alicyclic amines) is 1. The molecule has 0 radical (unpaired) electrons. The highest BCUT2D eigenvalue weighted by Gasteiger charge is 2.22. The lowest BCUT2D eigenvalue weighted by atomic mass is 9.98. The SMILES string of the molecule is CN=C(NCC1CCCN(C)C1)N1CCN(Cc2ccc(Cl)cc2)CC1. The van der Waals surface area contributed by atoms with Crippen molar-refractivity contribution in [2.75, 3.05) is 59.9 Å². The fraction of sp³-hybridized carbons (Fsp3) is 0.650. The maximum atomic E-state index is 5.98. The Kier molecular flexibility index (Phi) is 7.17. The van der Waals surface area contributed by atoms with Gasteiger partial charge in [-0.25, -0.2) is 0 Å². The highest BCUT2D eigenvalue weighted by atomic mass is 35.5. The van der Waals surface area contributed by atoms with Crippen LogP contribution in [0, 0.1) is 5.92 Å². The Bertz CT molecular complexity index is 580. The van der Waals surface area contributed by atoms with Crippen molar-refractivity contribution < 1.29 is 0 Å². The molecule has 2 saturated heterocycles. The normalized spacial score (nSPS) is 23.3. The van der Waals surface area contributed by atoms with Crippen LogP contribution in [0.1, 0.15) is 18.4 Å². The lowest BCUT2D eigenvalue weighted by molar-refractivity contribution is 0.170. The maximum absolute atomic E-state index is 5.98. The minimum atomic E-state index is 0.733. The van der Waals surface area contributed by atoms with Crippen LogP contribution >= 0.6 is 11.6 Å². The first-order valence-corrected chi connectivity index (χ1v) is 10.1. The zero-order valence-corrected chi connectivity index (χ0v) is 16.9. The molecule has 0 bridgehead atoms. The molecule has 2 aliphatic heterocycles. The molecule has 3 rings (SSSR count). The van der Waals surface area contributed by atoms with E-state index in [2.05, 4.69) is 44.2 Å². The van der Waals surface area contributed by atoms with Crippen LogP contribution < -0.4 is 5.32 Å². The second-order valence-electron chi connectivity index (χ2n) is 7.59. The Labute approximate surface area is 163 Å². The summed E-state index contributed by atoms with van der Waals surface area (Å²) in [5, 5.41) is 4.42. The van der Waals surface area contributed by atoms with Crippen molar-refractivity contribution in [3.63, 3.8) is 0 Å². The van der Waals surface area contributed by atoms with E-state index in [1.165, 1.54) is 31.5 Å². The minimum absolute atomic E-state index is 0.733. The quantitative estimate of drug-likeness (QED) is 0.645. The van der Waals surface area contributed by atoms with Crippen LogP contribution in [0.5, 0.6) is 0 Å². The van der Waals surface area contributed by atoms with E-state index in [-0.39, 0.29) is 0 Å². The third-order valence-electron chi connectivity index (χ3n) is 5.47. The number of piperidine rings is 1. The summed E-state index contributed by atoms with van der Waals surface area (Å²) in [4.78, 5) is 11.9. The summed E-state index contributed by atoms with van der Waals surface area (Å²) < 4.78 is 0. The Balaban J connectivity index is 1.43. The average molecular weight is 378 g/mol. The molecule has 0 spiro atoms. The highest BCUT2D eigenvalue weighted by molar-refractivity contribution is 6.30. The summed E-state index contributed by atoms with van der Waals surface area (Å²) >= 11 is 5.98. The van der Waals surface area contributed by atoms with Crippen molar-refractivity contribution in [2.24, 2.45) is 10.9 Å². The number of guanidine groups is 1. The van der Waals surface area contributed by atoms with E-state index < -0.39 is 0 Å². The van der Waals surface area contributed by atoms with Gasteiger partial charge in [0.2, 0.25) is 0 Å². The van der Waals surface area contributed by atoms with Gasteiger partial charge in [-0.15, -0.1) is 0 Å². The van der Waals surface area contributed by atoms with Gasteiger partial charge in [0.05, 0.1) is 0 Å². The summed E-state index contributed by atoms with van der Waals surface area (Å²) in [7, 11) is 4.12. The van der Waals surface area contributed by atoms with Crippen molar-refractivity contribution in [1.29, 1.82) is 0 Å². The second kappa shape index (κ2) is 9.58. The molecule has 0 amide bonds. The van der Waals surface area contributed by atoms with Crippen molar-refractivity contribution in [3.05, 3.63) is 34.9 Å². The largest absolute Gasteiger partial charge is 0.356 e. The van der Waals surface area contributed by atoms with Gasteiger partial charge >= 0.3 is 0 Å². The zero-order chi connectivity index (χ0) is 18.4. The third kappa shape index (κ3) is 5.60. The number of piperazine rings is 1. The standard InChI is InChI=1S/C20H32ClN5/c1-22-20(23-14-18-4-3-9-24(2)15-18)26-12-10-25(11-13-26)16-17-5-7-19(21)8-6-17/h5-8,18H,3-4,9-16H2,1-2H3,(H,22,23). The molecule has 6 heteroatoms. The Morgan fingerprint density at radius 1 is 1.15 bits per heavy atom. The fourth-order valence-electron chi connectivity index (χ4n) is 3.97. The van der Waals surface area contributed by atoms with E-state index >= 15 is 0 Å². The average Bonchev–Trinajstić information content (AvgIpc) is 2.65. The molecule has 5 nitrogen and oxygen atoms in total. The molecule has 0 aromatic heterocycles. The number of aliphatic imine (C=N–C) groups is 1.